The number of fused-ring (bicyclic) bond motifs is 3. The van der Waals surface area contributed by atoms with Gasteiger partial charge >= 0.3 is 0 Å². The molecule has 1 unspecified atom stereocenters. The second-order valence-electron chi connectivity index (χ2n) is 6.24. The molecule has 0 bridgehead atoms. The molecular formula is C19H23NO. The molecule has 0 saturated heterocycles. The van der Waals surface area contributed by atoms with Crippen molar-refractivity contribution < 1.29 is 5.11 Å². The number of rotatable bonds is 5. The fraction of sp³-hybridized carbons (Fsp3) is 0.368. The molecule has 110 valence electrons. The van der Waals surface area contributed by atoms with Gasteiger partial charge in [-0.3, -0.25) is 0 Å². The average molecular weight is 281 g/mol. The van der Waals surface area contributed by atoms with E-state index < -0.39 is 5.60 Å². The van der Waals surface area contributed by atoms with E-state index in [1.807, 2.05) is 6.92 Å². The van der Waals surface area contributed by atoms with Crippen LogP contribution >= 0.6 is 0 Å². The summed E-state index contributed by atoms with van der Waals surface area (Å²) in [6.07, 6.45) is 1.81. The molecule has 0 amide bonds. The maximum atomic E-state index is 10.4. The van der Waals surface area contributed by atoms with Gasteiger partial charge in [-0.25, -0.2) is 0 Å². The highest BCUT2D eigenvalue weighted by Gasteiger charge is 2.29. The summed E-state index contributed by atoms with van der Waals surface area (Å²) in [5, 5.41) is 14.0. The van der Waals surface area contributed by atoms with Gasteiger partial charge in [0.1, 0.15) is 0 Å². The van der Waals surface area contributed by atoms with E-state index in [1.165, 1.54) is 22.3 Å². The molecule has 0 aliphatic heterocycles. The van der Waals surface area contributed by atoms with E-state index in [-0.39, 0.29) is 6.04 Å². The molecule has 0 heterocycles. The van der Waals surface area contributed by atoms with Crippen LogP contribution in [0.25, 0.3) is 11.1 Å². The van der Waals surface area contributed by atoms with E-state index in [1.54, 1.807) is 0 Å². The topological polar surface area (TPSA) is 32.3 Å². The first-order valence-corrected chi connectivity index (χ1v) is 7.76. The molecule has 2 aromatic carbocycles. The van der Waals surface area contributed by atoms with Gasteiger partial charge < -0.3 is 10.4 Å². The normalized spacial score (nSPS) is 16.3. The third-order valence-corrected chi connectivity index (χ3v) is 4.31. The zero-order chi connectivity index (χ0) is 14.9. The Bertz CT molecular complexity index is 587. The Kier molecular flexibility index (Phi) is 3.83. The highest BCUT2D eigenvalue weighted by atomic mass is 16.3. The molecule has 0 fully saturated rings. The van der Waals surface area contributed by atoms with Gasteiger partial charge in [0.25, 0.3) is 0 Å². The van der Waals surface area contributed by atoms with Crippen molar-refractivity contribution in [3.8, 4) is 11.1 Å². The molecule has 0 radical (unpaired) electrons. The first-order valence-electron chi connectivity index (χ1n) is 7.76. The van der Waals surface area contributed by atoms with Gasteiger partial charge in [0, 0.05) is 6.54 Å². The Morgan fingerprint density at radius 1 is 1.00 bits per heavy atom. The molecule has 2 nitrogen and oxygen atoms in total. The standard InChI is InChI=1S/C19H23NO/c1-3-12-19(2,21)13-20-18-16-10-6-4-8-14(16)15-9-5-7-11-17(15)18/h4-11,18,20-21H,3,12-13H2,1-2H3. The summed E-state index contributed by atoms with van der Waals surface area (Å²) < 4.78 is 0. The average Bonchev–Trinajstić information content (AvgIpc) is 2.79. The van der Waals surface area contributed by atoms with Crippen LogP contribution in [0.5, 0.6) is 0 Å². The van der Waals surface area contributed by atoms with Crippen molar-refractivity contribution in [3.63, 3.8) is 0 Å². The lowest BCUT2D eigenvalue weighted by molar-refractivity contribution is 0.0484. The van der Waals surface area contributed by atoms with Crippen LogP contribution < -0.4 is 5.32 Å². The molecular weight excluding hydrogens is 258 g/mol. The third-order valence-electron chi connectivity index (χ3n) is 4.31. The summed E-state index contributed by atoms with van der Waals surface area (Å²) in [6, 6.07) is 17.3. The van der Waals surface area contributed by atoms with Crippen LogP contribution in [0.3, 0.4) is 0 Å². The first-order chi connectivity index (χ1) is 10.1. The van der Waals surface area contributed by atoms with Crippen LogP contribution in [0.2, 0.25) is 0 Å². The van der Waals surface area contributed by atoms with E-state index in [0.717, 1.165) is 12.8 Å². The number of hydrogen-bond donors (Lipinski definition) is 2. The molecule has 2 heteroatoms. The van der Waals surface area contributed by atoms with Crippen LogP contribution in [0.4, 0.5) is 0 Å². The quantitative estimate of drug-likeness (QED) is 0.871. The number of nitrogens with one attached hydrogen (secondary N) is 1. The summed E-state index contributed by atoms with van der Waals surface area (Å²) in [5.74, 6) is 0. The molecule has 0 aromatic heterocycles. The molecule has 0 saturated carbocycles. The van der Waals surface area contributed by atoms with Crippen molar-refractivity contribution >= 4 is 0 Å². The van der Waals surface area contributed by atoms with Crippen LogP contribution in [0.1, 0.15) is 43.9 Å². The van der Waals surface area contributed by atoms with Gasteiger partial charge in [0.15, 0.2) is 0 Å². The first kappa shape index (κ1) is 14.3. The fourth-order valence-electron chi connectivity index (χ4n) is 3.32. The van der Waals surface area contributed by atoms with Crippen molar-refractivity contribution in [2.45, 2.75) is 38.3 Å². The van der Waals surface area contributed by atoms with Gasteiger partial charge in [-0.2, -0.15) is 0 Å². The summed E-state index contributed by atoms with van der Waals surface area (Å²) in [4.78, 5) is 0. The lowest BCUT2D eigenvalue weighted by atomic mass is 9.98. The largest absolute Gasteiger partial charge is 0.389 e. The van der Waals surface area contributed by atoms with Crippen molar-refractivity contribution in [2.24, 2.45) is 0 Å². The van der Waals surface area contributed by atoms with Gasteiger partial charge in [0.05, 0.1) is 11.6 Å². The van der Waals surface area contributed by atoms with Gasteiger partial charge in [-0.15, -0.1) is 0 Å². The van der Waals surface area contributed by atoms with Crippen molar-refractivity contribution in [2.75, 3.05) is 6.54 Å². The molecule has 1 aliphatic carbocycles. The predicted octanol–water partition coefficient (Wildman–Crippen LogP) is 3.90. The van der Waals surface area contributed by atoms with Crippen molar-refractivity contribution in [3.05, 3.63) is 59.7 Å². The molecule has 1 atom stereocenters. The fourth-order valence-corrected chi connectivity index (χ4v) is 3.32. The number of hydrogen-bond acceptors (Lipinski definition) is 2. The highest BCUT2D eigenvalue weighted by molar-refractivity contribution is 5.78. The minimum Gasteiger partial charge on any atom is -0.389 e. The highest BCUT2D eigenvalue weighted by Crippen LogP contribution is 2.43. The Morgan fingerprint density at radius 3 is 2.05 bits per heavy atom. The molecule has 2 aromatic rings. The SMILES string of the molecule is CCCC(C)(O)CNC1c2ccccc2-c2ccccc21. The van der Waals surface area contributed by atoms with Crippen molar-refractivity contribution in [1.82, 2.24) is 5.32 Å². The van der Waals surface area contributed by atoms with E-state index in [9.17, 15) is 5.11 Å². The zero-order valence-electron chi connectivity index (χ0n) is 12.8. The third kappa shape index (κ3) is 2.74. The smallest absolute Gasteiger partial charge is 0.0743 e. The van der Waals surface area contributed by atoms with E-state index >= 15 is 0 Å². The Labute approximate surface area is 126 Å². The van der Waals surface area contributed by atoms with Gasteiger partial charge in [0.2, 0.25) is 0 Å². The van der Waals surface area contributed by atoms with Crippen LogP contribution in [0.15, 0.2) is 48.5 Å². The maximum Gasteiger partial charge on any atom is 0.0743 e. The van der Waals surface area contributed by atoms with Gasteiger partial charge in [-0.1, -0.05) is 61.9 Å². The monoisotopic (exact) mass is 281 g/mol. The molecule has 21 heavy (non-hydrogen) atoms. The van der Waals surface area contributed by atoms with Crippen LogP contribution in [-0.2, 0) is 0 Å². The lowest BCUT2D eigenvalue weighted by Crippen LogP contribution is -2.39. The molecule has 3 rings (SSSR count). The van der Waals surface area contributed by atoms with E-state index in [4.69, 9.17) is 0 Å². The van der Waals surface area contributed by atoms with E-state index in [2.05, 4.69) is 60.8 Å². The minimum absolute atomic E-state index is 0.181. The molecule has 0 spiro atoms. The summed E-state index contributed by atoms with van der Waals surface area (Å²) >= 11 is 0. The molecule has 2 N–H and O–H groups in total. The van der Waals surface area contributed by atoms with Crippen LogP contribution in [-0.4, -0.2) is 17.3 Å². The molecule has 1 aliphatic rings. The summed E-state index contributed by atoms with van der Waals surface area (Å²) in [6.45, 7) is 4.62. The maximum absolute atomic E-state index is 10.4. The van der Waals surface area contributed by atoms with Crippen LogP contribution in [0, 0.1) is 0 Å². The second kappa shape index (κ2) is 5.63. The Hall–Kier alpha value is -1.64. The minimum atomic E-state index is -0.652. The van der Waals surface area contributed by atoms with Crippen molar-refractivity contribution in [1.29, 1.82) is 0 Å². The predicted molar refractivity (Wildman–Crippen MR) is 87.3 cm³/mol. The zero-order valence-corrected chi connectivity index (χ0v) is 12.8. The Balaban J connectivity index is 1.89. The second-order valence-corrected chi connectivity index (χ2v) is 6.24. The number of benzene rings is 2. The van der Waals surface area contributed by atoms with Gasteiger partial charge in [-0.05, 0) is 35.6 Å². The summed E-state index contributed by atoms with van der Waals surface area (Å²) in [7, 11) is 0. The lowest BCUT2D eigenvalue weighted by Gasteiger charge is -2.26. The van der Waals surface area contributed by atoms with E-state index in [0.29, 0.717) is 6.54 Å². The number of aliphatic hydroxyl groups is 1. The summed E-state index contributed by atoms with van der Waals surface area (Å²) in [5.41, 5.74) is 4.58. The Morgan fingerprint density at radius 2 is 1.52 bits per heavy atom.